The van der Waals surface area contributed by atoms with E-state index < -0.39 is 0 Å². The van der Waals surface area contributed by atoms with Gasteiger partial charge < -0.3 is 0 Å². The van der Waals surface area contributed by atoms with E-state index in [1.165, 1.54) is 29.8 Å². The Morgan fingerprint density at radius 2 is 2.22 bits per heavy atom. The molecular formula is C7H5ClZr. The molecule has 0 unspecified atom stereocenters. The van der Waals surface area contributed by atoms with Gasteiger partial charge >= 0.3 is 74.4 Å². The normalized spacial score (nSPS) is 8.89. The van der Waals surface area contributed by atoms with Crippen LogP contribution in [0.1, 0.15) is 5.56 Å². The van der Waals surface area contributed by atoms with E-state index in [1.807, 2.05) is 24.3 Å². The van der Waals surface area contributed by atoms with Gasteiger partial charge in [-0.2, -0.15) is 0 Å². The standard InChI is InChI=1S/C7H5Cl.Zr/c1-6-3-2-4-7(8)5-6;/h1-5H;. The van der Waals surface area contributed by atoms with Crippen molar-refractivity contribution in [2.75, 3.05) is 0 Å². The summed E-state index contributed by atoms with van der Waals surface area (Å²) in [5.41, 5.74) is 1.21. The molecule has 0 aromatic heterocycles. The van der Waals surface area contributed by atoms with Crippen molar-refractivity contribution in [2.24, 2.45) is 0 Å². The van der Waals surface area contributed by atoms with Crippen molar-refractivity contribution in [3.8, 4) is 0 Å². The molecule has 9 heavy (non-hydrogen) atoms. The molecule has 0 bridgehead atoms. The van der Waals surface area contributed by atoms with Gasteiger partial charge in [0.1, 0.15) is 0 Å². The van der Waals surface area contributed by atoms with Crippen molar-refractivity contribution >= 4 is 15.3 Å². The van der Waals surface area contributed by atoms with Crippen LogP contribution in [-0.4, -0.2) is 3.71 Å². The molecule has 0 aliphatic heterocycles. The molecule has 0 atom stereocenters. The monoisotopic (exact) mass is 214 g/mol. The quantitative estimate of drug-likeness (QED) is 0.673. The van der Waals surface area contributed by atoms with Gasteiger partial charge in [-0.25, -0.2) is 0 Å². The van der Waals surface area contributed by atoms with Gasteiger partial charge in [0.15, 0.2) is 0 Å². The van der Waals surface area contributed by atoms with Crippen LogP contribution in [0.25, 0.3) is 0 Å². The van der Waals surface area contributed by atoms with E-state index in [1.54, 1.807) is 0 Å². The predicted octanol–water partition coefficient (Wildman–Crippen LogP) is 2.04. The summed E-state index contributed by atoms with van der Waals surface area (Å²) >= 11 is 7.12. The predicted molar refractivity (Wildman–Crippen MR) is 36.6 cm³/mol. The van der Waals surface area contributed by atoms with Crippen LogP contribution in [-0.2, 0) is 24.2 Å². The summed E-state index contributed by atoms with van der Waals surface area (Å²) in [5, 5.41) is 0.811. The average Bonchev–Trinajstić information content (AvgIpc) is 1.88. The molecular weight excluding hydrogens is 211 g/mol. The summed E-state index contributed by atoms with van der Waals surface area (Å²) in [6.07, 6.45) is 0. The van der Waals surface area contributed by atoms with Gasteiger partial charge in [0.05, 0.1) is 0 Å². The third kappa shape index (κ3) is 2.16. The van der Waals surface area contributed by atoms with Gasteiger partial charge in [-0.15, -0.1) is 0 Å². The molecule has 0 radical (unpaired) electrons. The molecule has 0 saturated carbocycles. The number of benzene rings is 1. The summed E-state index contributed by atoms with van der Waals surface area (Å²) in [7, 11) is 0. The maximum absolute atomic E-state index is 5.71. The number of rotatable bonds is 1. The van der Waals surface area contributed by atoms with E-state index in [2.05, 4.69) is 3.71 Å². The number of halogens is 1. The fraction of sp³-hybridized carbons (Fsp3) is 0. The van der Waals surface area contributed by atoms with E-state index in [-0.39, 0.29) is 0 Å². The van der Waals surface area contributed by atoms with Crippen LogP contribution in [0.15, 0.2) is 24.3 Å². The Kier molecular flexibility index (Phi) is 2.81. The van der Waals surface area contributed by atoms with E-state index in [0.717, 1.165) is 5.02 Å². The van der Waals surface area contributed by atoms with Crippen molar-refractivity contribution in [1.82, 2.24) is 0 Å². The van der Waals surface area contributed by atoms with Crippen LogP contribution in [0.3, 0.4) is 0 Å². The SMILES string of the molecule is Clc1cccc([CH]=[Zr])c1. The molecule has 2 heteroatoms. The van der Waals surface area contributed by atoms with E-state index in [4.69, 9.17) is 11.6 Å². The van der Waals surface area contributed by atoms with E-state index in [0.29, 0.717) is 0 Å². The first-order chi connectivity index (χ1) is 4.33. The van der Waals surface area contributed by atoms with Crippen LogP contribution in [0.2, 0.25) is 5.02 Å². The zero-order valence-electron chi connectivity index (χ0n) is 4.76. The minimum atomic E-state index is 0.811. The summed E-state index contributed by atoms with van der Waals surface area (Å²) in [4.78, 5) is 0. The molecule has 0 saturated heterocycles. The summed E-state index contributed by atoms with van der Waals surface area (Å²) in [6, 6.07) is 7.83. The van der Waals surface area contributed by atoms with Crippen LogP contribution in [0, 0.1) is 0 Å². The van der Waals surface area contributed by atoms with Gasteiger partial charge in [0, 0.05) is 0 Å². The molecule has 44 valence electrons. The van der Waals surface area contributed by atoms with Crippen LogP contribution >= 0.6 is 11.6 Å². The van der Waals surface area contributed by atoms with Crippen LogP contribution in [0.4, 0.5) is 0 Å². The summed E-state index contributed by atoms with van der Waals surface area (Å²) in [6.45, 7) is 0. The zero-order valence-corrected chi connectivity index (χ0v) is 7.98. The first-order valence-corrected chi connectivity index (χ1v) is 4.38. The van der Waals surface area contributed by atoms with Crippen molar-refractivity contribution in [3.05, 3.63) is 34.9 Å². The molecule has 0 heterocycles. The molecule has 0 aliphatic carbocycles. The first-order valence-electron chi connectivity index (χ1n) is 2.59. The topological polar surface area (TPSA) is 0 Å². The molecule has 1 aromatic carbocycles. The molecule has 0 fully saturated rings. The summed E-state index contributed by atoms with van der Waals surface area (Å²) < 4.78 is 2.11. The average molecular weight is 216 g/mol. The van der Waals surface area contributed by atoms with Crippen molar-refractivity contribution < 1.29 is 24.2 Å². The van der Waals surface area contributed by atoms with Gasteiger partial charge in [-0.3, -0.25) is 0 Å². The molecule has 1 aromatic rings. The number of hydrogen-bond donors (Lipinski definition) is 0. The van der Waals surface area contributed by atoms with Gasteiger partial charge in [0.2, 0.25) is 0 Å². The van der Waals surface area contributed by atoms with Gasteiger partial charge in [-0.05, 0) is 0 Å². The second-order valence-electron chi connectivity index (χ2n) is 1.70. The molecule has 0 aliphatic rings. The molecule has 0 amide bonds. The fourth-order valence-corrected chi connectivity index (χ4v) is 1.24. The Morgan fingerprint density at radius 1 is 1.44 bits per heavy atom. The molecule has 0 spiro atoms. The Morgan fingerprint density at radius 3 is 2.67 bits per heavy atom. The fourth-order valence-electron chi connectivity index (χ4n) is 0.596. The Bertz CT molecular complexity index is 220. The zero-order chi connectivity index (χ0) is 6.69. The third-order valence-corrected chi connectivity index (χ3v) is 2.07. The first kappa shape index (κ1) is 7.37. The molecule has 1 rings (SSSR count). The summed E-state index contributed by atoms with van der Waals surface area (Å²) in [5.74, 6) is 0. The second kappa shape index (κ2) is 3.44. The minimum absolute atomic E-state index is 0.811. The molecule has 0 N–H and O–H groups in total. The van der Waals surface area contributed by atoms with Crippen LogP contribution < -0.4 is 0 Å². The number of hydrogen-bond acceptors (Lipinski definition) is 0. The van der Waals surface area contributed by atoms with Crippen molar-refractivity contribution in [1.29, 1.82) is 0 Å². The Balaban J connectivity index is 3.07. The van der Waals surface area contributed by atoms with Gasteiger partial charge in [-0.1, -0.05) is 0 Å². The Hall–Kier alpha value is 0.263. The third-order valence-electron chi connectivity index (χ3n) is 1.02. The van der Waals surface area contributed by atoms with E-state index in [9.17, 15) is 0 Å². The van der Waals surface area contributed by atoms with E-state index >= 15 is 0 Å². The van der Waals surface area contributed by atoms with Crippen LogP contribution in [0.5, 0.6) is 0 Å². The maximum atomic E-state index is 5.71. The van der Waals surface area contributed by atoms with Crippen molar-refractivity contribution in [3.63, 3.8) is 0 Å². The van der Waals surface area contributed by atoms with Gasteiger partial charge in [0.25, 0.3) is 0 Å². The van der Waals surface area contributed by atoms with Crippen molar-refractivity contribution in [2.45, 2.75) is 0 Å². The Labute approximate surface area is 74.2 Å². The second-order valence-corrected chi connectivity index (χ2v) is 2.85. The molecule has 0 nitrogen and oxygen atoms in total.